The summed E-state index contributed by atoms with van der Waals surface area (Å²) in [5.41, 5.74) is 0. The Hall–Kier alpha value is -1.18. The molecule has 0 radical (unpaired) electrons. The summed E-state index contributed by atoms with van der Waals surface area (Å²) in [6.45, 7) is 4.76. The molecule has 338 valence electrons. The topological polar surface area (TPSA) is 94.1 Å². The zero-order valence-corrected chi connectivity index (χ0v) is 39.2. The highest BCUT2D eigenvalue weighted by Gasteiger charge is 2.20. The van der Waals surface area contributed by atoms with E-state index in [2.05, 4.69) is 26.0 Å². The van der Waals surface area contributed by atoms with E-state index in [4.69, 9.17) is 18.5 Å². The minimum Gasteiger partial charge on any atom is -0.756 e. The van der Waals surface area contributed by atoms with Crippen molar-refractivity contribution in [3.8, 4) is 0 Å². The minimum absolute atomic E-state index is 0.0184. The van der Waals surface area contributed by atoms with Gasteiger partial charge in [-0.1, -0.05) is 187 Å². The normalized spacial score (nSPS) is 13.8. The lowest BCUT2D eigenvalue weighted by Gasteiger charge is -2.28. The molecule has 0 bridgehead atoms. The first-order valence-electron chi connectivity index (χ1n) is 24.1. The van der Waals surface area contributed by atoms with Crippen molar-refractivity contribution in [2.75, 3.05) is 47.5 Å². The third-order valence-electron chi connectivity index (χ3n) is 10.6. The van der Waals surface area contributed by atoms with Crippen molar-refractivity contribution in [2.24, 2.45) is 0 Å². The second-order valence-electron chi connectivity index (χ2n) is 17.5. The molecule has 0 saturated carbocycles. The average molecular weight is 828 g/mol. The predicted octanol–water partition coefficient (Wildman–Crippen LogP) is 14.1. The number of hydrogen-bond donors (Lipinski definition) is 0. The molecule has 57 heavy (non-hydrogen) atoms. The number of rotatable bonds is 45. The highest BCUT2D eigenvalue weighted by atomic mass is 31.2. The number of carbonyl (C=O) groups excluding carboxylic acids is 1. The Morgan fingerprint density at radius 3 is 1.35 bits per heavy atom. The summed E-state index contributed by atoms with van der Waals surface area (Å²) in [6.07, 6.45) is 48.6. The van der Waals surface area contributed by atoms with E-state index in [1.807, 2.05) is 27.2 Å². The second kappa shape index (κ2) is 41.5. The van der Waals surface area contributed by atoms with E-state index in [-0.39, 0.29) is 25.8 Å². The molecule has 0 aliphatic heterocycles. The van der Waals surface area contributed by atoms with Gasteiger partial charge in [0.15, 0.2) is 6.10 Å². The lowest BCUT2D eigenvalue weighted by molar-refractivity contribution is -0.870. The Morgan fingerprint density at radius 1 is 0.544 bits per heavy atom. The molecule has 0 N–H and O–H groups in total. The molecule has 8 nitrogen and oxygen atoms in total. The van der Waals surface area contributed by atoms with Gasteiger partial charge in [-0.25, -0.2) is 0 Å². The Morgan fingerprint density at radius 2 is 0.930 bits per heavy atom. The van der Waals surface area contributed by atoms with Crippen LogP contribution in [0.1, 0.15) is 226 Å². The van der Waals surface area contributed by atoms with Crippen LogP contribution in [0.3, 0.4) is 0 Å². The van der Waals surface area contributed by atoms with Crippen molar-refractivity contribution < 1.29 is 37.3 Å². The standard InChI is InChI=1S/C48H94NO7P/c1-6-8-10-12-14-16-18-20-22-23-24-25-26-27-28-29-31-33-35-37-39-41-48(50)56-47(46-55-57(51,52)54-44-42-49(3,4)5)45-53-43-40-38-36-34-32-30-21-19-17-15-13-11-9-7-2/h20,22,40,43,47H,6-19,21,23-39,41-42,44-46H2,1-5H3/b22-20-,43-40-/t47-/m1/s1. The number of phosphoric acid groups is 1. The fourth-order valence-electron chi connectivity index (χ4n) is 6.80. The zero-order chi connectivity index (χ0) is 42.0. The smallest absolute Gasteiger partial charge is 0.306 e. The predicted molar refractivity (Wildman–Crippen MR) is 240 cm³/mol. The maximum Gasteiger partial charge on any atom is 0.306 e. The van der Waals surface area contributed by atoms with Gasteiger partial charge >= 0.3 is 5.97 Å². The summed E-state index contributed by atoms with van der Waals surface area (Å²) in [4.78, 5) is 25.1. The van der Waals surface area contributed by atoms with Gasteiger partial charge in [0.1, 0.15) is 19.8 Å². The number of ether oxygens (including phenoxy) is 2. The molecule has 9 heteroatoms. The first-order valence-corrected chi connectivity index (χ1v) is 25.6. The van der Waals surface area contributed by atoms with Gasteiger partial charge in [-0.3, -0.25) is 9.36 Å². The molecular formula is C48H94NO7P. The van der Waals surface area contributed by atoms with Gasteiger partial charge in [-0.15, -0.1) is 0 Å². The summed E-state index contributed by atoms with van der Waals surface area (Å²) in [5, 5.41) is 0. The molecule has 0 saturated heterocycles. The fourth-order valence-corrected chi connectivity index (χ4v) is 7.53. The molecule has 0 amide bonds. The summed E-state index contributed by atoms with van der Waals surface area (Å²) in [7, 11) is 1.33. The SMILES string of the molecule is CCCCCCCC/C=C\CCCCCCCCCCCCCC(=O)O[C@H](CO/C=C\CCCCCCCCCCCCCC)COP(=O)([O-])OCC[N+](C)(C)C. The quantitative estimate of drug-likeness (QED) is 0.0151. The van der Waals surface area contributed by atoms with Gasteiger partial charge in [0, 0.05) is 6.42 Å². The Labute approximate surface area is 353 Å². The molecule has 0 aliphatic rings. The van der Waals surface area contributed by atoms with Crippen LogP contribution in [0.2, 0.25) is 0 Å². The number of unbranched alkanes of at least 4 members (excludes halogenated alkanes) is 29. The lowest BCUT2D eigenvalue weighted by atomic mass is 10.0. The minimum atomic E-state index is -4.54. The van der Waals surface area contributed by atoms with E-state index in [1.54, 1.807) is 6.26 Å². The zero-order valence-electron chi connectivity index (χ0n) is 38.3. The van der Waals surface area contributed by atoms with Crippen molar-refractivity contribution in [2.45, 2.75) is 232 Å². The van der Waals surface area contributed by atoms with Crippen LogP contribution in [0, 0.1) is 0 Å². The summed E-state index contributed by atoms with van der Waals surface area (Å²) >= 11 is 0. The van der Waals surface area contributed by atoms with Crippen molar-refractivity contribution in [3.05, 3.63) is 24.5 Å². The van der Waals surface area contributed by atoms with E-state index in [9.17, 15) is 14.3 Å². The second-order valence-corrected chi connectivity index (χ2v) is 19.0. The highest BCUT2D eigenvalue weighted by molar-refractivity contribution is 7.45. The lowest BCUT2D eigenvalue weighted by Crippen LogP contribution is -2.37. The Kier molecular flexibility index (Phi) is 40.7. The number of nitrogens with zero attached hydrogens (tertiary/aromatic N) is 1. The first kappa shape index (κ1) is 55.8. The molecule has 1 unspecified atom stereocenters. The molecule has 2 atom stereocenters. The monoisotopic (exact) mass is 828 g/mol. The maximum atomic E-state index is 12.7. The van der Waals surface area contributed by atoms with Crippen molar-refractivity contribution in [1.29, 1.82) is 0 Å². The molecule has 0 aliphatic carbocycles. The number of esters is 1. The van der Waals surface area contributed by atoms with E-state index in [0.717, 1.165) is 32.1 Å². The molecule has 0 aromatic carbocycles. The summed E-state index contributed by atoms with van der Waals surface area (Å²) in [6, 6.07) is 0. The van der Waals surface area contributed by atoms with Crippen molar-refractivity contribution in [1.82, 2.24) is 0 Å². The average Bonchev–Trinajstić information content (AvgIpc) is 3.16. The van der Waals surface area contributed by atoms with Crippen LogP contribution in [-0.2, 0) is 27.9 Å². The third-order valence-corrected chi connectivity index (χ3v) is 11.5. The number of hydrogen-bond acceptors (Lipinski definition) is 7. The van der Waals surface area contributed by atoms with Gasteiger partial charge in [-0.2, -0.15) is 0 Å². The van der Waals surface area contributed by atoms with Crippen LogP contribution < -0.4 is 4.89 Å². The van der Waals surface area contributed by atoms with E-state index < -0.39 is 13.9 Å². The Bertz CT molecular complexity index is 967. The molecule has 0 spiro atoms. The number of likely N-dealkylation sites (N-methyl/N-ethyl adjacent to an activating group) is 1. The van der Waals surface area contributed by atoms with Crippen LogP contribution in [-0.4, -0.2) is 64.1 Å². The third kappa shape index (κ3) is 45.7. The largest absolute Gasteiger partial charge is 0.756 e. The van der Waals surface area contributed by atoms with Crippen LogP contribution in [0.5, 0.6) is 0 Å². The first-order chi connectivity index (χ1) is 27.6. The van der Waals surface area contributed by atoms with Crippen LogP contribution in [0.4, 0.5) is 0 Å². The van der Waals surface area contributed by atoms with Crippen molar-refractivity contribution >= 4 is 13.8 Å². The molecule has 0 fully saturated rings. The molecule has 0 aromatic heterocycles. The van der Waals surface area contributed by atoms with Crippen molar-refractivity contribution in [3.63, 3.8) is 0 Å². The number of quaternary nitrogens is 1. The van der Waals surface area contributed by atoms with Gasteiger partial charge < -0.3 is 27.9 Å². The fraction of sp³-hybridized carbons (Fsp3) is 0.896. The highest BCUT2D eigenvalue weighted by Crippen LogP contribution is 2.38. The molecule has 0 heterocycles. The molecule has 0 aromatic rings. The van der Waals surface area contributed by atoms with Crippen LogP contribution >= 0.6 is 7.82 Å². The van der Waals surface area contributed by atoms with E-state index >= 15 is 0 Å². The van der Waals surface area contributed by atoms with E-state index in [0.29, 0.717) is 17.4 Å². The van der Waals surface area contributed by atoms with Gasteiger partial charge in [0.2, 0.25) is 0 Å². The number of carbonyl (C=O) groups is 1. The summed E-state index contributed by atoms with van der Waals surface area (Å²) < 4.78 is 34.4. The van der Waals surface area contributed by atoms with Gasteiger partial charge in [0.25, 0.3) is 7.82 Å². The number of allylic oxidation sites excluding steroid dienone is 3. The molecular weight excluding hydrogens is 734 g/mol. The van der Waals surface area contributed by atoms with E-state index in [1.165, 1.54) is 173 Å². The van der Waals surface area contributed by atoms with Gasteiger partial charge in [0.05, 0.1) is 34.0 Å². The molecule has 0 rings (SSSR count). The number of phosphoric ester groups is 1. The Balaban J connectivity index is 4.17. The van der Waals surface area contributed by atoms with Gasteiger partial charge in [-0.05, 0) is 51.0 Å². The van der Waals surface area contributed by atoms with Crippen LogP contribution in [0.15, 0.2) is 24.5 Å². The van der Waals surface area contributed by atoms with Crippen LogP contribution in [0.25, 0.3) is 0 Å². The maximum absolute atomic E-state index is 12.7. The summed E-state index contributed by atoms with van der Waals surface area (Å²) in [5.74, 6) is -0.354.